The number of thioether (sulfide) groups is 1. The lowest BCUT2D eigenvalue weighted by molar-refractivity contribution is 0.559. The number of halogens is 2. The number of hydrogen-bond donors (Lipinski definition) is 1. The minimum absolute atomic E-state index is 0.363. The van der Waals surface area contributed by atoms with Gasteiger partial charge in [0.15, 0.2) is 5.82 Å². The van der Waals surface area contributed by atoms with Crippen molar-refractivity contribution < 1.29 is 8.81 Å². The molecule has 4 rings (SSSR count). The zero-order chi connectivity index (χ0) is 18.1. The third-order valence-electron chi connectivity index (χ3n) is 3.74. The van der Waals surface area contributed by atoms with Crippen LogP contribution in [0.15, 0.2) is 67.4 Å². The third kappa shape index (κ3) is 3.42. The number of H-pyrrole nitrogens is 1. The molecule has 0 amide bonds. The number of aromatic amines is 1. The minimum Gasteiger partial charge on any atom is -0.423 e. The van der Waals surface area contributed by atoms with Crippen molar-refractivity contribution in [1.82, 2.24) is 15.2 Å². The van der Waals surface area contributed by atoms with E-state index in [0.717, 1.165) is 15.4 Å². The second-order valence-corrected chi connectivity index (χ2v) is 7.32. The van der Waals surface area contributed by atoms with Crippen LogP contribution >= 0.6 is 27.7 Å². The lowest BCUT2D eigenvalue weighted by atomic mass is 10.1. The van der Waals surface area contributed by atoms with Gasteiger partial charge in [0.2, 0.25) is 5.16 Å². The second kappa shape index (κ2) is 7.05. The predicted molar refractivity (Wildman–Crippen MR) is 102 cm³/mol. The Morgan fingerprint density at radius 2 is 2.04 bits per heavy atom. The van der Waals surface area contributed by atoms with Crippen molar-refractivity contribution in [3.05, 3.63) is 74.8 Å². The van der Waals surface area contributed by atoms with Crippen LogP contribution in [-0.2, 0) is 5.75 Å². The Labute approximate surface area is 159 Å². The van der Waals surface area contributed by atoms with Crippen molar-refractivity contribution in [2.24, 2.45) is 0 Å². The molecule has 2 heterocycles. The highest BCUT2D eigenvalue weighted by Crippen LogP contribution is 2.27. The first-order valence-electron chi connectivity index (χ1n) is 7.62. The molecule has 4 aromatic rings. The first kappa shape index (κ1) is 17.0. The molecule has 5 nitrogen and oxygen atoms in total. The van der Waals surface area contributed by atoms with E-state index in [1.165, 1.54) is 23.9 Å². The Kier molecular flexibility index (Phi) is 4.60. The quantitative estimate of drug-likeness (QED) is 0.372. The summed E-state index contributed by atoms with van der Waals surface area (Å²) in [6.07, 6.45) is 0. The molecule has 0 spiro atoms. The van der Waals surface area contributed by atoms with Gasteiger partial charge in [0, 0.05) is 21.7 Å². The lowest BCUT2D eigenvalue weighted by Gasteiger charge is -2.04. The summed E-state index contributed by atoms with van der Waals surface area (Å²) in [6, 6.07) is 13.4. The number of fused-ring (bicyclic) bond motifs is 1. The van der Waals surface area contributed by atoms with Gasteiger partial charge in [0.25, 0.3) is 0 Å². The van der Waals surface area contributed by atoms with Gasteiger partial charge in [-0.25, -0.2) is 14.2 Å². The average Bonchev–Trinajstić information content (AvgIpc) is 3.08. The van der Waals surface area contributed by atoms with Gasteiger partial charge < -0.3 is 4.42 Å². The summed E-state index contributed by atoms with van der Waals surface area (Å²) in [7, 11) is 0. The van der Waals surface area contributed by atoms with E-state index in [0.29, 0.717) is 27.9 Å². The summed E-state index contributed by atoms with van der Waals surface area (Å²) in [6.45, 7) is 0. The lowest BCUT2D eigenvalue weighted by Crippen LogP contribution is -2.00. The molecule has 0 radical (unpaired) electrons. The van der Waals surface area contributed by atoms with Crippen LogP contribution in [0, 0.1) is 5.82 Å². The molecule has 0 saturated carbocycles. The molecule has 1 N–H and O–H groups in total. The maximum Gasteiger partial charge on any atom is 0.336 e. The fourth-order valence-electron chi connectivity index (χ4n) is 2.55. The normalized spacial score (nSPS) is 11.2. The van der Waals surface area contributed by atoms with Crippen molar-refractivity contribution in [2.75, 3.05) is 0 Å². The highest BCUT2D eigenvalue weighted by Gasteiger charge is 2.12. The standard InChI is InChI=1S/C18H11BrFN3O2S/c19-11-5-6-12-10(7-16(24)25-15(12)8-11)9-26-18-21-17(22-23-18)13-3-1-2-4-14(13)20/h1-8H,9H2,(H,21,22,23). The zero-order valence-electron chi connectivity index (χ0n) is 13.2. The SMILES string of the molecule is O=c1cc(CSc2n[nH]c(-c3ccccc3F)n2)c2ccc(Br)cc2o1. The number of nitrogens with zero attached hydrogens (tertiary/aromatic N) is 2. The van der Waals surface area contributed by atoms with E-state index in [-0.39, 0.29) is 5.82 Å². The molecule has 2 aromatic carbocycles. The molecule has 2 aromatic heterocycles. The van der Waals surface area contributed by atoms with Crippen LogP contribution in [0.2, 0.25) is 0 Å². The monoisotopic (exact) mass is 431 g/mol. The predicted octanol–water partition coefficient (Wildman–Crippen LogP) is 4.77. The largest absolute Gasteiger partial charge is 0.423 e. The highest BCUT2D eigenvalue weighted by atomic mass is 79.9. The third-order valence-corrected chi connectivity index (χ3v) is 5.13. The number of nitrogens with one attached hydrogen (secondary N) is 1. The molecule has 0 aliphatic carbocycles. The second-order valence-electron chi connectivity index (χ2n) is 5.47. The Balaban J connectivity index is 1.60. The summed E-state index contributed by atoms with van der Waals surface area (Å²) < 4.78 is 19.9. The van der Waals surface area contributed by atoms with Crippen molar-refractivity contribution in [3.63, 3.8) is 0 Å². The first-order chi connectivity index (χ1) is 12.6. The topological polar surface area (TPSA) is 71.8 Å². The van der Waals surface area contributed by atoms with E-state index in [1.54, 1.807) is 24.3 Å². The molecule has 0 saturated heterocycles. The molecule has 0 aliphatic rings. The van der Waals surface area contributed by atoms with E-state index < -0.39 is 5.63 Å². The summed E-state index contributed by atoms with van der Waals surface area (Å²) in [5.41, 5.74) is 1.30. The Hall–Kier alpha value is -2.45. The Morgan fingerprint density at radius 1 is 1.19 bits per heavy atom. The minimum atomic E-state index is -0.409. The number of rotatable bonds is 4. The summed E-state index contributed by atoms with van der Waals surface area (Å²) in [5, 5.41) is 8.19. The Bertz CT molecular complexity index is 1160. The average molecular weight is 432 g/mol. The molecule has 0 aliphatic heterocycles. The van der Waals surface area contributed by atoms with Gasteiger partial charge in [0.1, 0.15) is 11.4 Å². The highest BCUT2D eigenvalue weighted by molar-refractivity contribution is 9.10. The van der Waals surface area contributed by atoms with Gasteiger partial charge in [-0.3, -0.25) is 5.10 Å². The molecule has 26 heavy (non-hydrogen) atoms. The zero-order valence-corrected chi connectivity index (χ0v) is 15.6. The van der Waals surface area contributed by atoms with E-state index in [9.17, 15) is 9.18 Å². The first-order valence-corrected chi connectivity index (χ1v) is 9.40. The van der Waals surface area contributed by atoms with Crippen molar-refractivity contribution in [2.45, 2.75) is 10.9 Å². The number of benzene rings is 2. The van der Waals surface area contributed by atoms with Crippen LogP contribution in [0.4, 0.5) is 4.39 Å². The van der Waals surface area contributed by atoms with Crippen molar-refractivity contribution >= 4 is 38.7 Å². The molecule has 8 heteroatoms. The maximum atomic E-state index is 13.8. The van der Waals surface area contributed by atoms with Gasteiger partial charge in [-0.2, -0.15) is 0 Å². The van der Waals surface area contributed by atoms with Gasteiger partial charge >= 0.3 is 5.63 Å². The van der Waals surface area contributed by atoms with E-state index >= 15 is 0 Å². The Morgan fingerprint density at radius 3 is 2.88 bits per heavy atom. The fourth-order valence-corrected chi connectivity index (χ4v) is 3.68. The van der Waals surface area contributed by atoms with Gasteiger partial charge in [-0.15, -0.1) is 5.10 Å². The molecule has 0 unspecified atom stereocenters. The van der Waals surface area contributed by atoms with Gasteiger partial charge in [0.05, 0.1) is 5.56 Å². The molecule has 0 atom stereocenters. The molecule has 0 bridgehead atoms. The van der Waals surface area contributed by atoms with E-state index in [2.05, 4.69) is 31.1 Å². The number of aromatic nitrogens is 3. The summed E-state index contributed by atoms with van der Waals surface area (Å²) >= 11 is 4.72. The van der Waals surface area contributed by atoms with Gasteiger partial charge in [-0.05, 0) is 35.9 Å². The van der Waals surface area contributed by atoms with Crippen LogP contribution in [0.1, 0.15) is 5.56 Å². The van der Waals surface area contributed by atoms with Crippen molar-refractivity contribution in [3.8, 4) is 11.4 Å². The summed E-state index contributed by atoms with van der Waals surface area (Å²) in [4.78, 5) is 16.1. The molecule has 0 fully saturated rings. The summed E-state index contributed by atoms with van der Waals surface area (Å²) in [5.74, 6) is 0.488. The maximum absolute atomic E-state index is 13.8. The van der Waals surface area contributed by atoms with Crippen LogP contribution in [0.5, 0.6) is 0 Å². The van der Waals surface area contributed by atoms with Crippen molar-refractivity contribution in [1.29, 1.82) is 0 Å². The van der Waals surface area contributed by atoms with Gasteiger partial charge in [-0.1, -0.05) is 39.8 Å². The van der Waals surface area contributed by atoms with Crippen LogP contribution in [-0.4, -0.2) is 15.2 Å². The van der Waals surface area contributed by atoms with Crippen LogP contribution in [0.25, 0.3) is 22.4 Å². The van der Waals surface area contributed by atoms with Crippen LogP contribution in [0.3, 0.4) is 0 Å². The molecule has 130 valence electrons. The molecular formula is C18H11BrFN3O2S. The van der Waals surface area contributed by atoms with E-state index in [4.69, 9.17) is 4.42 Å². The van der Waals surface area contributed by atoms with Crippen LogP contribution < -0.4 is 5.63 Å². The smallest absolute Gasteiger partial charge is 0.336 e. The van der Waals surface area contributed by atoms with E-state index in [1.807, 2.05) is 12.1 Å². The molecular weight excluding hydrogens is 421 g/mol. The number of hydrogen-bond acceptors (Lipinski definition) is 5. The fraction of sp³-hybridized carbons (Fsp3) is 0.0556.